The molecule has 0 saturated carbocycles. The minimum Gasteiger partial charge on any atom is -0.489 e. The molecule has 0 bridgehead atoms. The van der Waals surface area contributed by atoms with Crippen molar-refractivity contribution < 1.29 is 4.74 Å². The molecule has 0 spiro atoms. The van der Waals surface area contributed by atoms with Crippen molar-refractivity contribution in [3.05, 3.63) is 76.3 Å². The smallest absolute Gasteiger partial charge is 0.124 e. The van der Waals surface area contributed by atoms with Gasteiger partial charge in [-0.25, -0.2) is 0 Å². The van der Waals surface area contributed by atoms with E-state index in [9.17, 15) is 0 Å². The molecule has 2 nitrogen and oxygen atoms in total. The SMILES string of the molecule is C=CCNCc1cc(Cl)ccc1OCc1ccccc1Cl.Cl. The number of hydrogen-bond donors (Lipinski definition) is 1. The van der Waals surface area contributed by atoms with Crippen molar-refractivity contribution in [3.8, 4) is 5.75 Å². The summed E-state index contributed by atoms with van der Waals surface area (Å²) in [6, 6.07) is 13.3. The molecule has 2 rings (SSSR count). The Morgan fingerprint density at radius 1 is 1.09 bits per heavy atom. The van der Waals surface area contributed by atoms with Crippen LogP contribution in [0.1, 0.15) is 11.1 Å². The van der Waals surface area contributed by atoms with Gasteiger partial charge in [0.2, 0.25) is 0 Å². The standard InChI is InChI=1S/C17H17Cl2NO.ClH/c1-2-9-20-11-14-10-15(18)7-8-17(14)21-12-13-5-3-4-6-16(13)19;/h2-8,10,20H,1,9,11-12H2;1H. The fourth-order valence-corrected chi connectivity index (χ4v) is 2.29. The highest BCUT2D eigenvalue weighted by Crippen LogP contribution is 2.25. The molecule has 118 valence electrons. The molecule has 5 heteroatoms. The van der Waals surface area contributed by atoms with Crippen LogP contribution in [-0.4, -0.2) is 6.54 Å². The zero-order chi connectivity index (χ0) is 15.1. The normalized spacial score (nSPS) is 9.91. The van der Waals surface area contributed by atoms with Crippen LogP contribution in [-0.2, 0) is 13.2 Å². The molecule has 22 heavy (non-hydrogen) atoms. The Morgan fingerprint density at radius 3 is 2.59 bits per heavy atom. The van der Waals surface area contributed by atoms with Crippen molar-refractivity contribution in [1.82, 2.24) is 5.32 Å². The molecule has 0 aromatic heterocycles. The lowest BCUT2D eigenvalue weighted by molar-refractivity contribution is 0.302. The number of benzene rings is 2. The third kappa shape index (κ3) is 5.54. The summed E-state index contributed by atoms with van der Waals surface area (Å²) in [7, 11) is 0. The predicted molar refractivity (Wildman–Crippen MR) is 96.4 cm³/mol. The van der Waals surface area contributed by atoms with Crippen LogP contribution in [0.5, 0.6) is 5.75 Å². The summed E-state index contributed by atoms with van der Waals surface area (Å²) >= 11 is 12.2. The van der Waals surface area contributed by atoms with Crippen molar-refractivity contribution in [3.63, 3.8) is 0 Å². The Balaban J connectivity index is 0.00000242. The van der Waals surface area contributed by atoms with Gasteiger partial charge in [0.1, 0.15) is 12.4 Å². The van der Waals surface area contributed by atoms with Gasteiger partial charge < -0.3 is 10.1 Å². The minimum atomic E-state index is 0. The fraction of sp³-hybridized carbons (Fsp3) is 0.176. The number of rotatable bonds is 7. The van der Waals surface area contributed by atoms with Crippen LogP contribution >= 0.6 is 35.6 Å². The van der Waals surface area contributed by atoms with Gasteiger partial charge in [0.25, 0.3) is 0 Å². The summed E-state index contributed by atoms with van der Waals surface area (Å²) in [5.41, 5.74) is 1.97. The molecule has 0 amide bonds. The molecule has 0 radical (unpaired) electrons. The summed E-state index contributed by atoms with van der Waals surface area (Å²) in [4.78, 5) is 0. The summed E-state index contributed by atoms with van der Waals surface area (Å²) in [5, 5.41) is 4.64. The van der Waals surface area contributed by atoms with E-state index in [0.29, 0.717) is 23.2 Å². The van der Waals surface area contributed by atoms with Gasteiger partial charge in [-0.3, -0.25) is 0 Å². The van der Waals surface area contributed by atoms with Crippen LogP contribution in [0.15, 0.2) is 55.1 Å². The number of nitrogens with one attached hydrogen (secondary N) is 1. The van der Waals surface area contributed by atoms with Gasteiger partial charge in [-0.1, -0.05) is 47.5 Å². The van der Waals surface area contributed by atoms with Gasteiger partial charge in [-0.2, -0.15) is 0 Å². The molecule has 0 aliphatic heterocycles. The first-order valence-electron chi connectivity index (χ1n) is 6.67. The van der Waals surface area contributed by atoms with Gasteiger partial charge >= 0.3 is 0 Å². The maximum Gasteiger partial charge on any atom is 0.124 e. The van der Waals surface area contributed by atoms with Crippen molar-refractivity contribution in [1.29, 1.82) is 0 Å². The van der Waals surface area contributed by atoms with E-state index in [0.717, 1.165) is 23.4 Å². The summed E-state index contributed by atoms with van der Waals surface area (Å²) in [5.74, 6) is 0.802. The van der Waals surface area contributed by atoms with E-state index in [1.54, 1.807) is 0 Å². The second-order valence-electron chi connectivity index (χ2n) is 4.55. The quantitative estimate of drug-likeness (QED) is 0.538. The third-order valence-corrected chi connectivity index (χ3v) is 3.57. The van der Waals surface area contributed by atoms with E-state index in [-0.39, 0.29) is 12.4 Å². The monoisotopic (exact) mass is 357 g/mol. The van der Waals surface area contributed by atoms with E-state index < -0.39 is 0 Å². The lowest BCUT2D eigenvalue weighted by atomic mass is 10.2. The minimum absolute atomic E-state index is 0. The average Bonchev–Trinajstić information content (AvgIpc) is 2.48. The van der Waals surface area contributed by atoms with Crippen molar-refractivity contribution >= 4 is 35.6 Å². The van der Waals surface area contributed by atoms with Crippen molar-refractivity contribution in [2.24, 2.45) is 0 Å². The average molecular weight is 359 g/mol. The van der Waals surface area contributed by atoms with Crippen molar-refractivity contribution in [2.45, 2.75) is 13.2 Å². The Bertz CT molecular complexity index is 617. The number of halogens is 3. The molecular weight excluding hydrogens is 341 g/mol. The Kier molecular flexibility index (Phi) is 8.36. The van der Waals surface area contributed by atoms with Crippen LogP contribution in [0.25, 0.3) is 0 Å². The second-order valence-corrected chi connectivity index (χ2v) is 5.40. The molecule has 0 fully saturated rings. The van der Waals surface area contributed by atoms with E-state index >= 15 is 0 Å². The molecule has 2 aromatic carbocycles. The summed E-state index contributed by atoms with van der Waals surface area (Å²) in [6.07, 6.45) is 1.81. The maximum atomic E-state index is 6.13. The van der Waals surface area contributed by atoms with E-state index in [1.165, 1.54) is 0 Å². The Morgan fingerprint density at radius 2 is 1.86 bits per heavy atom. The topological polar surface area (TPSA) is 21.3 Å². The Hall–Kier alpha value is -1.19. The first-order valence-corrected chi connectivity index (χ1v) is 7.42. The molecule has 1 N–H and O–H groups in total. The van der Waals surface area contributed by atoms with Crippen LogP contribution in [0.3, 0.4) is 0 Å². The zero-order valence-electron chi connectivity index (χ0n) is 12.0. The van der Waals surface area contributed by atoms with Crippen molar-refractivity contribution in [2.75, 3.05) is 6.54 Å². The highest BCUT2D eigenvalue weighted by molar-refractivity contribution is 6.31. The highest BCUT2D eigenvalue weighted by Gasteiger charge is 2.06. The van der Waals surface area contributed by atoms with Gasteiger partial charge in [-0.05, 0) is 24.3 Å². The summed E-state index contributed by atoms with van der Waals surface area (Å²) in [6.45, 7) is 5.51. The lowest BCUT2D eigenvalue weighted by Gasteiger charge is -2.13. The van der Waals surface area contributed by atoms with E-state index in [4.69, 9.17) is 27.9 Å². The zero-order valence-corrected chi connectivity index (χ0v) is 14.3. The highest BCUT2D eigenvalue weighted by atomic mass is 35.5. The van der Waals surface area contributed by atoms with Crippen LogP contribution in [0.2, 0.25) is 10.0 Å². The molecule has 0 atom stereocenters. The number of ether oxygens (including phenoxy) is 1. The molecule has 2 aromatic rings. The van der Waals surface area contributed by atoms with Crippen LogP contribution in [0, 0.1) is 0 Å². The van der Waals surface area contributed by atoms with Gasteiger partial charge in [0.05, 0.1) is 0 Å². The van der Waals surface area contributed by atoms with E-state index in [1.807, 2.05) is 48.5 Å². The fourth-order valence-electron chi connectivity index (χ4n) is 1.91. The summed E-state index contributed by atoms with van der Waals surface area (Å²) < 4.78 is 5.88. The molecule has 0 unspecified atom stereocenters. The molecule has 0 aliphatic carbocycles. The first kappa shape index (κ1) is 18.9. The van der Waals surface area contributed by atoms with Gasteiger partial charge in [0.15, 0.2) is 0 Å². The third-order valence-electron chi connectivity index (χ3n) is 2.97. The maximum absolute atomic E-state index is 6.13. The molecule has 0 saturated heterocycles. The predicted octanol–water partition coefficient (Wildman–Crippen LogP) is 5.27. The van der Waals surface area contributed by atoms with Gasteiger partial charge in [0, 0.05) is 34.3 Å². The van der Waals surface area contributed by atoms with E-state index in [2.05, 4.69) is 11.9 Å². The largest absolute Gasteiger partial charge is 0.489 e. The van der Waals surface area contributed by atoms with Crippen LogP contribution < -0.4 is 10.1 Å². The number of hydrogen-bond acceptors (Lipinski definition) is 2. The first-order chi connectivity index (χ1) is 10.2. The Labute approximate surface area is 147 Å². The second kappa shape index (κ2) is 9.75. The van der Waals surface area contributed by atoms with Crippen LogP contribution in [0.4, 0.5) is 0 Å². The molecular formula is C17H18Cl3NO. The van der Waals surface area contributed by atoms with Gasteiger partial charge in [-0.15, -0.1) is 19.0 Å². The lowest BCUT2D eigenvalue weighted by Crippen LogP contribution is -2.13. The molecule has 0 heterocycles. The molecule has 0 aliphatic rings.